The Balaban J connectivity index is 2.44. The molecule has 0 bridgehead atoms. The fourth-order valence-corrected chi connectivity index (χ4v) is 3.98. The van der Waals surface area contributed by atoms with Crippen molar-refractivity contribution in [3.05, 3.63) is 23.8 Å². The van der Waals surface area contributed by atoms with Crippen molar-refractivity contribution in [2.24, 2.45) is 0 Å². The lowest BCUT2D eigenvalue weighted by atomic mass is 10.0. The van der Waals surface area contributed by atoms with Crippen molar-refractivity contribution in [1.29, 1.82) is 0 Å². The van der Waals surface area contributed by atoms with E-state index in [0.717, 1.165) is 18.4 Å². The number of nitrogens with zero attached hydrogens (tertiary/aromatic N) is 1. The molecule has 19 heavy (non-hydrogen) atoms. The van der Waals surface area contributed by atoms with Crippen LogP contribution in [-0.4, -0.2) is 32.9 Å². The number of hydrogen-bond donors (Lipinski definition) is 0. The van der Waals surface area contributed by atoms with Gasteiger partial charge in [-0.3, -0.25) is 0 Å². The zero-order chi connectivity index (χ0) is 14.0. The second-order valence-electron chi connectivity index (χ2n) is 5.18. The van der Waals surface area contributed by atoms with E-state index in [1.54, 1.807) is 10.4 Å². The lowest BCUT2D eigenvalue weighted by Gasteiger charge is -2.18. The van der Waals surface area contributed by atoms with E-state index in [4.69, 9.17) is 4.74 Å². The molecule has 1 aliphatic heterocycles. The highest BCUT2D eigenvalue weighted by molar-refractivity contribution is 7.89. The normalized spacial score (nSPS) is 17.1. The van der Waals surface area contributed by atoms with Gasteiger partial charge in [0.05, 0.1) is 7.11 Å². The molecule has 0 aliphatic carbocycles. The summed E-state index contributed by atoms with van der Waals surface area (Å²) in [5.41, 5.74) is 1.08. The number of methoxy groups -OCH3 is 1. The molecule has 1 aromatic rings. The molecule has 0 spiro atoms. The summed E-state index contributed by atoms with van der Waals surface area (Å²) in [4.78, 5) is 0.279. The van der Waals surface area contributed by atoms with Crippen LogP contribution in [0.3, 0.4) is 0 Å². The van der Waals surface area contributed by atoms with Crippen molar-refractivity contribution in [2.75, 3.05) is 20.2 Å². The van der Waals surface area contributed by atoms with Gasteiger partial charge in [0, 0.05) is 13.1 Å². The van der Waals surface area contributed by atoms with Crippen LogP contribution in [0.5, 0.6) is 5.75 Å². The first kappa shape index (κ1) is 14.3. The van der Waals surface area contributed by atoms with Crippen LogP contribution in [0.4, 0.5) is 0 Å². The minimum absolute atomic E-state index is 0.279. The summed E-state index contributed by atoms with van der Waals surface area (Å²) >= 11 is 0. The summed E-state index contributed by atoms with van der Waals surface area (Å²) in [7, 11) is -1.90. The van der Waals surface area contributed by atoms with E-state index in [9.17, 15) is 8.42 Å². The highest BCUT2D eigenvalue weighted by Gasteiger charge is 2.29. The van der Waals surface area contributed by atoms with Gasteiger partial charge in [-0.15, -0.1) is 0 Å². The number of rotatable bonds is 4. The van der Waals surface area contributed by atoms with Gasteiger partial charge in [0.2, 0.25) is 10.0 Å². The molecule has 1 saturated heterocycles. The van der Waals surface area contributed by atoms with E-state index < -0.39 is 10.0 Å². The van der Waals surface area contributed by atoms with E-state index in [-0.39, 0.29) is 4.90 Å². The summed E-state index contributed by atoms with van der Waals surface area (Å²) in [5, 5.41) is 0. The van der Waals surface area contributed by atoms with Gasteiger partial charge < -0.3 is 4.74 Å². The Bertz CT molecular complexity index is 546. The van der Waals surface area contributed by atoms with E-state index in [2.05, 4.69) is 13.8 Å². The number of benzene rings is 1. The zero-order valence-electron chi connectivity index (χ0n) is 11.7. The molecule has 0 saturated carbocycles. The molecule has 0 N–H and O–H groups in total. The zero-order valence-corrected chi connectivity index (χ0v) is 12.5. The van der Waals surface area contributed by atoms with Crippen LogP contribution in [0.25, 0.3) is 0 Å². The minimum atomic E-state index is -3.42. The van der Waals surface area contributed by atoms with Crippen molar-refractivity contribution in [2.45, 2.75) is 37.5 Å². The van der Waals surface area contributed by atoms with Crippen molar-refractivity contribution >= 4 is 10.0 Å². The summed E-state index contributed by atoms with van der Waals surface area (Å²) in [5.74, 6) is 0.788. The predicted molar refractivity (Wildman–Crippen MR) is 75.1 cm³/mol. The highest BCUT2D eigenvalue weighted by Crippen LogP contribution is 2.31. The van der Waals surface area contributed by atoms with Crippen LogP contribution in [0.15, 0.2) is 23.1 Å². The third-order valence-electron chi connectivity index (χ3n) is 3.54. The molecular weight excluding hydrogens is 262 g/mol. The standard InChI is InChI=1S/C14H21NO3S/c1-11(2)12-6-7-14(13(10-12)18-3)19(16,17)15-8-4-5-9-15/h6-7,10-11H,4-5,8-9H2,1-3H3. The monoisotopic (exact) mass is 283 g/mol. The van der Waals surface area contributed by atoms with Gasteiger partial charge in [-0.05, 0) is 36.5 Å². The molecule has 0 aromatic heterocycles. The SMILES string of the molecule is COc1cc(C(C)C)ccc1S(=O)(=O)N1CCCC1. The maximum absolute atomic E-state index is 12.5. The summed E-state index contributed by atoms with van der Waals surface area (Å²) in [6.07, 6.45) is 1.87. The van der Waals surface area contributed by atoms with Crippen LogP contribution in [0.2, 0.25) is 0 Å². The Morgan fingerprint density at radius 1 is 1.21 bits per heavy atom. The van der Waals surface area contributed by atoms with Crippen molar-refractivity contribution < 1.29 is 13.2 Å². The Morgan fingerprint density at radius 3 is 2.37 bits per heavy atom. The first-order valence-electron chi connectivity index (χ1n) is 6.65. The van der Waals surface area contributed by atoms with E-state index >= 15 is 0 Å². The number of hydrogen-bond acceptors (Lipinski definition) is 3. The Hall–Kier alpha value is -1.07. The topological polar surface area (TPSA) is 46.6 Å². The molecule has 0 amide bonds. The highest BCUT2D eigenvalue weighted by atomic mass is 32.2. The van der Waals surface area contributed by atoms with Crippen LogP contribution in [0, 0.1) is 0 Å². The van der Waals surface area contributed by atoms with Gasteiger partial charge in [-0.2, -0.15) is 4.31 Å². The molecule has 1 heterocycles. The molecule has 0 atom stereocenters. The molecule has 0 unspecified atom stereocenters. The fourth-order valence-electron chi connectivity index (χ4n) is 2.32. The van der Waals surface area contributed by atoms with Crippen molar-refractivity contribution in [3.63, 3.8) is 0 Å². The summed E-state index contributed by atoms with van der Waals surface area (Å²) in [6.45, 7) is 5.36. The van der Waals surface area contributed by atoms with Gasteiger partial charge in [0.15, 0.2) is 0 Å². The van der Waals surface area contributed by atoms with E-state index in [1.807, 2.05) is 12.1 Å². The first-order chi connectivity index (χ1) is 8.96. The smallest absolute Gasteiger partial charge is 0.246 e. The second-order valence-corrected chi connectivity index (χ2v) is 7.08. The molecule has 1 fully saturated rings. The summed E-state index contributed by atoms with van der Waals surface area (Å²) < 4.78 is 31.9. The number of sulfonamides is 1. The van der Waals surface area contributed by atoms with Gasteiger partial charge in [-0.25, -0.2) is 8.42 Å². The summed E-state index contributed by atoms with van der Waals surface area (Å²) in [6, 6.07) is 5.37. The Labute approximate surface area is 115 Å². The van der Waals surface area contributed by atoms with Gasteiger partial charge in [-0.1, -0.05) is 19.9 Å². The average molecular weight is 283 g/mol. The van der Waals surface area contributed by atoms with Crippen molar-refractivity contribution in [1.82, 2.24) is 4.31 Å². The minimum Gasteiger partial charge on any atom is -0.495 e. The molecule has 1 aliphatic rings. The maximum Gasteiger partial charge on any atom is 0.246 e. The molecule has 1 aromatic carbocycles. The van der Waals surface area contributed by atoms with Crippen LogP contribution < -0.4 is 4.74 Å². The Kier molecular flexibility index (Phi) is 4.16. The fraction of sp³-hybridized carbons (Fsp3) is 0.571. The van der Waals surface area contributed by atoms with E-state index in [0.29, 0.717) is 24.8 Å². The third-order valence-corrected chi connectivity index (χ3v) is 5.48. The molecule has 0 radical (unpaired) electrons. The maximum atomic E-state index is 12.5. The average Bonchev–Trinajstić information content (AvgIpc) is 2.92. The van der Waals surface area contributed by atoms with Gasteiger partial charge in [0.25, 0.3) is 0 Å². The predicted octanol–water partition coefficient (Wildman–Crippen LogP) is 2.60. The molecule has 5 heteroatoms. The molecule has 2 rings (SSSR count). The second kappa shape index (κ2) is 5.51. The lowest BCUT2D eigenvalue weighted by molar-refractivity contribution is 0.397. The van der Waals surface area contributed by atoms with Crippen LogP contribution >= 0.6 is 0 Å². The lowest BCUT2D eigenvalue weighted by Crippen LogP contribution is -2.28. The van der Waals surface area contributed by atoms with Crippen LogP contribution in [-0.2, 0) is 10.0 Å². The molecule has 106 valence electrons. The third kappa shape index (κ3) is 2.77. The molecular formula is C14H21NO3S. The van der Waals surface area contributed by atoms with E-state index in [1.165, 1.54) is 7.11 Å². The van der Waals surface area contributed by atoms with Gasteiger partial charge >= 0.3 is 0 Å². The van der Waals surface area contributed by atoms with Gasteiger partial charge in [0.1, 0.15) is 10.6 Å². The number of ether oxygens (including phenoxy) is 1. The quantitative estimate of drug-likeness (QED) is 0.853. The molecule has 4 nitrogen and oxygen atoms in total. The van der Waals surface area contributed by atoms with Crippen molar-refractivity contribution in [3.8, 4) is 5.75 Å². The largest absolute Gasteiger partial charge is 0.495 e. The van der Waals surface area contributed by atoms with Crippen LogP contribution in [0.1, 0.15) is 38.2 Å². The Morgan fingerprint density at radius 2 is 1.84 bits per heavy atom. The first-order valence-corrected chi connectivity index (χ1v) is 8.09.